The van der Waals surface area contributed by atoms with Crippen LogP contribution in [0.2, 0.25) is 0 Å². The third-order valence-electron chi connectivity index (χ3n) is 4.97. The highest BCUT2D eigenvalue weighted by atomic mass is 32.2. The van der Waals surface area contributed by atoms with Crippen LogP contribution in [0.15, 0.2) is 24.3 Å². The fraction of sp³-hybridized carbons (Fsp3) is 0.412. The molecule has 0 aliphatic carbocycles. The van der Waals surface area contributed by atoms with Crippen LogP contribution in [0.4, 0.5) is 5.69 Å². The van der Waals surface area contributed by atoms with Gasteiger partial charge in [-0.05, 0) is 26.8 Å². The molecule has 2 fully saturated rings. The second-order valence-electron chi connectivity index (χ2n) is 7.15. The van der Waals surface area contributed by atoms with Crippen molar-refractivity contribution in [1.29, 1.82) is 0 Å². The van der Waals surface area contributed by atoms with Crippen molar-refractivity contribution in [2.75, 3.05) is 0 Å². The Morgan fingerprint density at radius 2 is 1.96 bits per heavy atom. The third kappa shape index (κ3) is 2.65. The number of Topliss-reactive ketones (excluding diaryl/α,β-unsaturated/α-hetero) is 1. The molecular formula is C17H17N3O7S. The fourth-order valence-corrected chi connectivity index (χ4v) is 5.35. The van der Waals surface area contributed by atoms with Gasteiger partial charge in [0.05, 0.1) is 4.92 Å². The second kappa shape index (κ2) is 6.30. The summed E-state index contributed by atoms with van der Waals surface area (Å²) in [5, 5.41) is 21.9. The lowest BCUT2D eigenvalue weighted by molar-refractivity contribution is -0.384. The number of carboxylic acid groups (broad SMARTS) is 1. The number of carboxylic acids is 1. The van der Waals surface area contributed by atoms with Gasteiger partial charge in [0.2, 0.25) is 5.54 Å². The Kier molecular flexibility index (Phi) is 4.45. The molecule has 10 nitrogen and oxygen atoms in total. The Morgan fingerprint density at radius 3 is 2.50 bits per heavy atom. The van der Waals surface area contributed by atoms with Crippen molar-refractivity contribution in [1.82, 2.24) is 10.2 Å². The Balaban J connectivity index is 1.95. The van der Waals surface area contributed by atoms with Crippen LogP contribution >= 0.6 is 11.8 Å². The van der Waals surface area contributed by atoms with Gasteiger partial charge in [-0.1, -0.05) is 6.07 Å². The zero-order valence-electron chi connectivity index (χ0n) is 15.2. The van der Waals surface area contributed by atoms with E-state index in [0.29, 0.717) is 0 Å². The molecule has 2 aliphatic heterocycles. The third-order valence-corrected chi connectivity index (χ3v) is 6.60. The smallest absolute Gasteiger partial charge is 0.327 e. The van der Waals surface area contributed by atoms with Gasteiger partial charge in [0.15, 0.2) is 5.78 Å². The van der Waals surface area contributed by atoms with Gasteiger partial charge >= 0.3 is 5.97 Å². The van der Waals surface area contributed by atoms with Gasteiger partial charge in [0.25, 0.3) is 17.5 Å². The minimum Gasteiger partial charge on any atom is -0.480 e. The van der Waals surface area contributed by atoms with Crippen LogP contribution in [0, 0.1) is 10.1 Å². The molecule has 3 rings (SSSR count). The number of rotatable bonds is 5. The quantitative estimate of drug-likeness (QED) is 0.315. The van der Waals surface area contributed by atoms with Crippen LogP contribution in [0.1, 0.15) is 31.1 Å². The number of amides is 2. The van der Waals surface area contributed by atoms with Crippen molar-refractivity contribution >= 4 is 41.0 Å². The largest absolute Gasteiger partial charge is 0.480 e. The zero-order valence-corrected chi connectivity index (χ0v) is 16.0. The molecule has 0 spiro atoms. The van der Waals surface area contributed by atoms with E-state index in [1.807, 2.05) is 0 Å². The molecule has 0 saturated carbocycles. The molecule has 1 aromatic carbocycles. The summed E-state index contributed by atoms with van der Waals surface area (Å²) >= 11 is 1.12. The first kappa shape index (κ1) is 19.8. The zero-order chi connectivity index (χ0) is 21.0. The molecule has 148 valence electrons. The summed E-state index contributed by atoms with van der Waals surface area (Å²) < 4.78 is -0.875. The average molecular weight is 407 g/mol. The first-order chi connectivity index (χ1) is 12.9. The van der Waals surface area contributed by atoms with E-state index in [1.165, 1.54) is 18.2 Å². The Bertz CT molecular complexity index is 931. The van der Waals surface area contributed by atoms with Crippen LogP contribution in [-0.2, 0) is 14.4 Å². The van der Waals surface area contributed by atoms with Crippen molar-refractivity contribution in [2.45, 2.75) is 42.5 Å². The number of benzene rings is 1. The number of aliphatic carboxylic acids is 1. The molecular weight excluding hydrogens is 390 g/mol. The van der Waals surface area contributed by atoms with E-state index < -0.39 is 50.2 Å². The van der Waals surface area contributed by atoms with E-state index in [9.17, 15) is 34.4 Å². The first-order valence-electron chi connectivity index (χ1n) is 8.25. The number of ketones is 1. The van der Waals surface area contributed by atoms with E-state index in [1.54, 1.807) is 13.8 Å². The predicted octanol–water partition coefficient (Wildman–Crippen LogP) is 0.799. The number of nitrogens with zero attached hydrogens (tertiary/aromatic N) is 2. The van der Waals surface area contributed by atoms with Crippen molar-refractivity contribution < 1.29 is 29.2 Å². The first-order valence-corrected chi connectivity index (χ1v) is 9.13. The molecule has 28 heavy (non-hydrogen) atoms. The lowest BCUT2D eigenvalue weighted by atomic mass is 9.81. The summed E-state index contributed by atoms with van der Waals surface area (Å²) in [7, 11) is 0. The molecule has 0 bridgehead atoms. The number of nitro benzene ring substituents is 1. The lowest BCUT2D eigenvalue weighted by Crippen LogP contribution is -2.82. The highest BCUT2D eigenvalue weighted by Gasteiger charge is 2.74. The maximum atomic E-state index is 12.9. The van der Waals surface area contributed by atoms with Gasteiger partial charge in [0, 0.05) is 22.4 Å². The predicted molar refractivity (Wildman–Crippen MR) is 97.7 cm³/mol. The van der Waals surface area contributed by atoms with E-state index in [0.717, 1.165) is 29.7 Å². The normalized spacial score (nSPS) is 27.5. The summed E-state index contributed by atoms with van der Waals surface area (Å²) in [5.41, 5.74) is -2.31. The second-order valence-corrected chi connectivity index (χ2v) is 8.89. The minimum atomic E-state index is -1.91. The number of non-ortho nitro benzene ring substituents is 1. The molecule has 0 aromatic heterocycles. The number of carbonyl (C=O) groups excluding carboxylic acids is 3. The molecule has 2 amide bonds. The number of nitrogens with one attached hydrogen (secondary N) is 1. The Labute approximate surface area is 163 Å². The molecule has 1 aromatic rings. The van der Waals surface area contributed by atoms with Crippen LogP contribution in [-0.4, -0.2) is 60.2 Å². The van der Waals surface area contributed by atoms with Gasteiger partial charge in [-0.15, -0.1) is 11.8 Å². The SMILES string of the molecule is CC(=O)[C@]1(NC(=O)c2cccc([N+](=O)[O-])c2)C(=O)N2[C@@H](C(=O)O)C(C)(C)S[C@@H]21. The van der Waals surface area contributed by atoms with Crippen molar-refractivity contribution in [3.8, 4) is 0 Å². The number of fused-ring (bicyclic) bond motifs is 1. The number of hydrogen-bond acceptors (Lipinski definition) is 7. The fourth-order valence-electron chi connectivity index (χ4n) is 3.60. The summed E-state index contributed by atoms with van der Waals surface area (Å²) in [6.07, 6.45) is 0. The molecule has 3 atom stereocenters. The highest BCUT2D eigenvalue weighted by molar-refractivity contribution is 8.01. The molecule has 2 aliphatic rings. The van der Waals surface area contributed by atoms with Crippen molar-refractivity contribution in [3.63, 3.8) is 0 Å². The maximum Gasteiger partial charge on any atom is 0.327 e. The van der Waals surface area contributed by atoms with E-state index in [4.69, 9.17) is 0 Å². The Morgan fingerprint density at radius 1 is 1.32 bits per heavy atom. The standard InChI is InChI=1S/C17H17N3O7S/c1-8(21)17(18-12(22)9-5-4-6-10(7-9)20(26)27)14(25)19-11(13(23)24)16(2,3)28-15(17)19/h4-7,11,15H,1-3H3,(H,18,22)(H,23,24)/t11-,15+,17-/m0/s1. The number of hydrogen-bond donors (Lipinski definition) is 2. The molecule has 11 heteroatoms. The molecule has 0 unspecified atom stereocenters. The van der Waals surface area contributed by atoms with Crippen LogP contribution in [0.5, 0.6) is 0 Å². The van der Waals surface area contributed by atoms with Crippen LogP contribution in [0.3, 0.4) is 0 Å². The molecule has 2 N–H and O–H groups in total. The van der Waals surface area contributed by atoms with Crippen LogP contribution in [0.25, 0.3) is 0 Å². The van der Waals surface area contributed by atoms with Crippen LogP contribution < -0.4 is 5.32 Å². The van der Waals surface area contributed by atoms with Gasteiger partial charge in [-0.25, -0.2) is 4.79 Å². The summed E-state index contributed by atoms with van der Waals surface area (Å²) in [6, 6.07) is 3.74. The van der Waals surface area contributed by atoms with Crippen molar-refractivity contribution in [3.05, 3.63) is 39.9 Å². The van der Waals surface area contributed by atoms with Gasteiger partial charge < -0.3 is 15.3 Å². The Hall–Kier alpha value is -2.95. The van der Waals surface area contributed by atoms with E-state index in [-0.39, 0.29) is 11.3 Å². The van der Waals surface area contributed by atoms with E-state index in [2.05, 4.69) is 5.32 Å². The van der Waals surface area contributed by atoms with E-state index >= 15 is 0 Å². The lowest BCUT2D eigenvalue weighted by Gasteiger charge is -2.51. The maximum absolute atomic E-state index is 12.9. The number of thioether (sulfide) groups is 1. The number of β-lactam (4-membered cyclic amide) rings is 1. The molecule has 0 radical (unpaired) electrons. The minimum absolute atomic E-state index is 0.0851. The number of nitro groups is 1. The average Bonchev–Trinajstić information content (AvgIpc) is 2.87. The molecule has 2 heterocycles. The topological polar surface area (TPSA) is 147 Å². The monoisotopic (exact) mass is 407 g/mol. The highest BCUT2D eigenvalue weighted by Crippen LogP contribution is 2.55. The van der Waals surface area contributed by atoms with Crippen molar-refractivity contribution in [2.24, 2.45) is 0 Å². The molecule has 2 saturated heterocycles. The van der Waals surface area contributed by atoms with Gasteiger partial charge in [0.1, 0.15) is 11.4 Å². The van der Waals surface area contributed by atoms with Gasteiger partial charge in [-0.2, -0.15) is 0 Å². The summed E-state index contributed by atoms with van der Waals surface area (Å²) in [4.78, 5) is 60.9. The number of carbonyl (C=O) groups is 4. The summed E-state index contributed by atoms with van der Waals surface area (Å²) in [5.74, 6) is -3.46. The van der Waals surface area contributed by atoms with Gasteiger partial charge in [-0.3, -0.25) is 24.5 Å². The summed E-state index contributed by atoms with van der Waals surface area (Å²) in [6.45, 7) is 4.44.